The van der Waals surface area contributed by atoms with E-state index in [1.165, 1.54) is 0 Å². The highest BCUT2D eigenvalue weighted by atomic mass is 16.5. The molecular weight excluding hydrogens is 344 g/mol. The standard InChI is InChI=1S/C20H26N4O3/c1-15-8-4-5-9-18(15)27-14-24-13-10-17(22-24)19(25)21-16(2)20(26)23-11-6-3-7-12-23/h4-5,8-10,13,16H,3,6-7,11-12,14H2,1-2H3,(H,21,25)/t16-/m0/s1. The number of carbonyl (C=O) groups is 2. The average molecular weight is 370 g/mol. The van der Waals surface area contributed by atoms with Gasteiger partial charge in [0.2, 0.25) is 5.91 Å². The van der Waals surface area contributed by atoms with E-state index >= 15 is 0 Å². The molecule has 1 fully saturated rings. The molecule has 144 valence electrons. The second kappa shape index (κ2) is 8.70. The molecule has 0 unspecified atom stereocenters. The summed E-state index contributed by atoms with van der Waals surface area (Å²) in [5, 5.41) is 6.98. The number of piperidine rings is 1. The zero-order valence-electron chi connectivity index (χ0n) is 15.9. The molecule has 1 aromatic carbocycles. The maximum atomic E-state index is 12.4. The van der Waals surface area contributed by atoms with Crippen LogP contribution in [0.1, 0.15) is 42.2 Å². The van der Waals surface area contributed by atoms with Gasteiger partial charge in [-0.3, -0.25) is 9.59 Å². The largest absolute Gasteiger partial charge is 0.471 e. The summed E-state index contributed by atoms with van der Waals surface area (Å²) in [6, 6.07) is 8.77. The summed E-state index contributed by atoms with van der Waals surface area (Å²) in [6.07, 6.45) is 4.90. The lowest BCUT2D eigenvalue weighted by Crippen LogP contribution is -2.48. The highest BCUT2D eigenvalue weighted by Crippen LogP contribution is 2.16. The number of benzene rings is 1. The van der Waals surface area contributed by atoms with Crippen molar-refractivity contribution in [3.05, 3.63) is 47.8 Å². The summed E-state index contributed by atoms with van der Waals surface area (Å²) >= 11 is 0. The van der Waals surface area contributed by atoms with E-state index in [-0.39, 0.29) is 24.2 Å². The molecule has 1 aromatic heterocycles. The average Bonchev–Trinajstić information content (AvgIpc) is 3.16. The minimum atomic E-state index is -0.566. The first-order valence-electron chi connectivity index (χ1n) is 9.36. The van der Waals surface area contributed by atoms with Crippen LogP contribution in [-0.2, 0) is 11.5 Å². The van der Waals surface area contributed by atoms with Crippen molar-refractivity contribution in [2.75, 3.05) is 13.1 Å². The first kappa shape index (κ1) is 18.9. The molecule has 0 radical (unpaired) electrons. The van der Waals surface area contributed by atoms with Crippen LogP contribution in [0.5, 0.6) is 5.75 Å². The second-order valence-electron chi connectivity index (χ2n) is 6.86. The van der Waals surface area contributed by atoms with Crippen LogP contribution in [0.15, 0.2) is 36.5 Å². The lowest BCUT2D eigenvalue weighted by atomic mass is 10.1. The minimum absolute atomic E-state index is 0.0367. The van der Waals surface area contributed by atoms with Crippen LogP contribution in [0.4, 0.5) is 0 Å². The van der Waals surface area contributed by atoms with Gasteiger partial charge in [0.25, 0.3) is 5.91 Å². The molecule has 7 heteroatoms. The van der Waals surface area contributed by atoms with Crippen LogP contribution in [0.25, 0.3) is 0 Å². The van der Waals surface area contributed by atoms with E-state index in [1.807, 2.05) is 36.1 Å². The van der Waals surface area contributed by atoms with E-state index in [2.05, 4.69) is 10.4 Å². The van der Waals surface area contributed by atoms with Crippen molar-refractivity contribution >= 4 is 11.8 Å². The Kier molecular flexibility index (Phi) is 6.11. The molecule has 1 aliphatic rings. The van der Waals surface area contributed by atoms with Crippen molar-refractivity contribution in [2.24, 2.45) is 0 Å². The Hall–Kier alpha value is -2.83. The Morgan fingerprint density at radius 3 is 2.67 bits per heavy atom. The molecule has 0 spiro atoms. The van der Waals surface area contributed by atoms with Gasteiger partial charge < -0.3 is 15.0 Å². The maximum absolute atomic E-state index is 12.4. The van der Waals surface area contributed by atoms with Crippen molar-refractivity contribution in [2.45, 2.75) is 45.9 Å². The maximum Gasteiger partial charge on any atom is 0.272 e. The molecule has 27 heavy (non-hydrogen) atoms. The van der Waals surface area contributed by atoms with Gasteiger partial charge in [-0.15, -0.1) is 0 Å². The number of aryl methyl sites for hydroxylation is 1. The Balaban J connectivity index is 1.53. The van der Waals surface area contributed by atoms with E-state index in [0.717, 1.165) is 43.7 Å². The van der Waals surface area contributed by atoms with Crippen LogP contribution >= 0.6 is 0 Å². The summed E-state index contributed by atoms with van der Waals surface area (Å²) in [5.74, 6) is 0.382. The number of rotatable bonds is 6. The molecule has 2 heterocycles. The van der Waals surface area contributed by atoms with Crippen molar-refractivity contribution in [3.63, 3.8) is 0 Å². The number of para-hydroxylation sites is 1. The van der Waals surface area contributed by atoms with Crippen molar-refractivity contribution in [3.8, 4) is 5.75 Å². The number of amides is 2. The van der Waals surface area contributed by atoms with Gasteiger partial charge in [0.15, 0.2) is 6.73 Å². The zero-order chi connectivity index (χ0) is 19.2. The number of aromatic nitrogens is 2. The molecule has 2 amide bonds. The van der Waals surface area contributed by atoms with E-state index in [0.29, 0.717) is 0 Å². The van der Waals surface area contributed by atoms with E-state index in [4.69, 9.17) is 4.74 Å². The predicted octanol–water partition coefficient (Wildman–Crippen LogP) is 2.36. The molecule has 0 saturated carbocycles. The molecule has 1 atom stereocenters. The number of carbonyl (C=O) groups excluding carboxylic acids is 2. The minimum Gasteiger partial charge on any atom is -0.471 e. The van der Waals surface area contributed by atoms with Gasteiger partial charge in [-0.05, 0) is 50.8 Å². The normalized spacial score (nSPS) is 15.3. The quantitative estimate of drug-likeness (QED) is 0.847. The number of hydrogen-bond acceptors (Lipinski definition) is 4. The first-order chi connectivity index (χ1) is 13.0. The molecule has 0 bridgehead atoms. The summed E-state index contributed by atoms with van der Waals surface area (Å²) in [5.41, 5.74) is 1.30. The molecule has 7 nitrogen and oxygen atoms in total. The Labute approximate surface area is 159 Å². The lowest BCUT2D eigenvalue weighted by Gasteiger charge is -2.29. The molecule has 1 aliphatic heterocycles. The van der Waals surface area contributed by atoms with Gasteiger partial charge in [0.1, 0.15) is 17.5 Å². The van der Waals surface area contributed by atoms with E-state index in [9.17, 15) is 9.59 Å². The predicted molar refractivity (Wildman–Crippen MR) is 101 cm³/mol. The number of hydrogen-bond donors (Lipinski definition) is 1. The Morgan fingerprint density at radius 2 is 1.93 bits per heavy atom. The van der Waals surface area contributed by atoms with Crippen LogP contribution in [-0.4, -0.2) is 45.6 Å². The van der Waals surface area contributed by atoms with Crippen molar-refractivity contribution in [1.82, 2.24) is 20.0 Å². The van der Waals surface area contributed by atoms with E-state index < -0.39 is 6.04 Å². The SMILES string of the molecule is Cc1ccccc1OCn1ccc(C(=O)N[C@@H](C)C(=O)N2CCCCC2)n1. The van der Waals surface area contributed by atoms with Gasteiger partial charge >= 0.3 is 0 Å². The fraction of sp³-hybridized carbons (Fsp3) is 0.450. The topological polar surface area (TPSA) is 76.5 Å². The van der Waals surface area contributed by atoms with E-state index in [1.54, 1.807) is 23.9 Å². The first-order valence-corrected chi connectivity index (χ1v) is 9.36. The Bertz CT molecular complexity index is 796. The van der Waals surface area contributed by atoms with Gasteiger partial charge in [0.05, 0.1) is 0 Å². The fourth-order valence-electron chi connectivity index (χ4n) is 3.13. The molecule has 3 rings (SSSR count). The molecule has 2 aromatic rings. The third-order valence-electron chi connectivity index (χ3n) is 4.70. The third kappa shape index (κ3) is 4.87. The van der Waals surface area contributed by atoms with Crippen LogP contribution < -0.4 is 10.1 Å². The summed E-state index contributed by atoms with van der Waals surface area (Å²) in [6.45, 7) is 5.43. The van der Waals surface area contributed by atoms with Crippen molar-refractivity contribution < 1.29 is 14.3 Å². The molecule has 0 aliphatic carbocycles. The second-order valence-corrected chi connectivity index (χ2v) is 6.86. The smallest absolute Gasteiger partial charge is 0.272 e. The summed E-state index contributed by atoms with van der Waals surface area (Å²) in [7, 11) is 0. The number of ether oxygens (including phenoxy) is 1. The molecule has 1 saturated heterocycles. The third-order valence-corrected chi connectivity index (χ3v) is 4.70. The molecular formula is C20H26N4O3. The number of nitrogens with zero attached hydrogens (tertiary/aromatic N) is 3. The van der Waals surface area contributed by atoms with Gasteiger partial charge in [-0.1, -0.05) is 18.2 Å². The highest BCUT2D eigenvalue weighted by Gasteiger charge is 2.24. The van der Waals surface area contributed by atoms with Gasteiger partial charge in [-0.2, -0.15) is 5.10 Å². The zero-order valence-corrected chi connectivity index (χ0v) is 15.9. The van der Waals surface area contributed by atoms with Gasteiger partial charge in [0, 0.05) is 19.3 Å². The fourth-order valence-corrected chi connectivity index (χ4v) is 3.13. The van der Waals surface area contributed by atoms with Crippen LogP contribution in [0.2, 0.25) is 0 Å². The summed E-state index contributed by atoms with van der Waals surface area (Å²) < 4.78 is 7.28. The highest BCUT2D eigenvalue weighted by molar-refractivity contribution is 5.95. The lowest BCUT2D eigenvalue weighted by molar-refractivity contribution is -0.133. The summed E-state index contributed by atoms with van der Waals surface area (Å²) in [4.78, 5) is 26.6. The number of nitrogens with one attached hydrogen (secondary N) is 1. The van der Waals surface area contributed by atoms with Crippen LogP contribution in [0, 0.1) is 6.92 Å². The monoisotopic (exact) mass is 370 g/mol. The van der Waals surface area contributed by atoms with Gasteiger partial charge in [-0.25, -0.2) is 4.68 Å². The van der Waals surface area contributed by atoms with Crippen molar-refractivity contribution in [1.29, 1.82) is 0 Å². The van der Waals surface area contributed by atoms with Crippen LogP contribution in [0.3, 0.4) is 0 Å². The Morgan fingerprint density at radius 1 is 1.19 bits per heavy atom. The molecule has 1 N–H and O–H groups in total. The number of likely N-dealkylation sites (tertiary alicyclic amines) is 1.